The molecule has 9 heteroatoms. The molecule has 1 unspecified atom stereocenters. The number of aliphatic hydroxyl groups excluding tert-OH is 1. The highest BCUT2D eigenvalue weighted by molar-refractivity contribution is 7.89. The van der Waals surface area contributed by atoms with Gasteiger partial charge in [-0.2, -0.15) is 0 Å². The van der Waals surface area contributed by atoms with Crippen molar-refractivity contribution in [2.75, 3.05) is 31.6 Å². The first kappa shape index (κ1) is 18.7. The molecule has 0 aliphatic carbocycles. The Morgan fingerprint density at radius 1 is 1.38 bits per heavy atom. The van der Waals surface area contributed by atoms with Crippen LogP contribution in [-0.2, 0) is 14.8 Å². The molecule has 134 valence electrons. The molecule has 1 atom stereocenters. The Balaban J connectivity index is 2.14. The van der Waals surface area contributed by atoms with Crippen molar-refractivity contribution in [2.24, 2.45) is 0 Å². The van der Waals surface area contributed by atoms with Crippen LogP contribution in [0.5, 0.6) is 0 Å². The summed E-state index contributed by atoms with van der Waals surface area (Å²) in [6, 6.07) is 3.92. The molecule has 0 radical (unpaired) electrons. The predicted octanol–water partition coefficient (Wildman–Crippen LogP) is 0.636. The van der Waals surface area contributed by atoms with Crippen LogP contribution in [0.4, 0.5) is 5.69 Å². The summed E-state index contributed by atoms with van der Waals surface area (Å²) in [5, 5.41) is 21.1. The number of carboxylic acid groups (broad SMARTS) is 1. The van der Waals surface area contributed by atoms with Crippen LogP contribution in [-0.4, -0.2) is 57.0 Å². The number of carboxylic acids is 1. The Morgan fingerprint density at radius 2 is 2.17 bits per heavy atom. The number of benzene rings is 1. The molecule has 1 saturated heterocycles. The lowest BCUT2D eigenvalue weighted by atomic mass is 10.1. The summed E-state index contributed by atoms with van der Waals surface area (Å²) in [7, 11) is -3.81. The van der Waals surface area contributed by atoms with Gasteiger partial charge < -0.3 is 20.3 Å². The average molecular weight is 358 g/mol. The van der Waals surface area contributed by atoms with Crippen LogP contribution in [0.2, 0.25) is 0 Å². The first-order valence-electron chi connectivity index (χ1n) is 7.77. The van der Waals surface area contributed by atoms with E-state index >= 15 is 0 Å². The van der Waals surface area contributed by atoms with Gasteiger partial charge in [0.2, 0.25) is 10.0 Å². The summed E-state index contributed by atoms with van der Waals surface area (Å²) in [5.41, 5.74) is 0.241. The smallest absolute Gasteiger partial charge is 0.337 e. The van der Waals surface area contributed by atoms with Gasteiger partial charge in [-0.05, 0) is 37.5 Å². The third-order valence-electron chi connectivity index (χ3n) is 3.70. The molecular weight excluding hydrogens is 336 g/mol. The average Bonchev–Trinajstić information content (AvgIpc) is 3.06. The number of hydrogen-bond donors (Lipinski definition) is 4. The number of anilines is 1. The zero-order chi connectivity index (χ0) is 17.6. The zero-order valence-electron chi connectivity index (χ0n) is 13.2. The number of aromatic carboxylic acids is 1. The van der Waals surface area contributed by atoms with E-state index in [1.165, 1.54) is 12.1 Å². The summed E-state index contributed by atoms with van der Waals surface area (Å²) >= 11 is 0. The highest BCUT2D eigenvalue weighted by atomic mass is 32.2. The number of ether oxygens (including phenoxy) is 1. The van der Waals surface area contributed by atoms with Gasteiger partial charge in [-0.15, -0.1) is 0 Å². The summed E-state index contributed by atoms with van der Waals surface area (Å²) in [5.74, 6) is -1.21. The fourth-order valence-electron chi connectivity index (χ4n) is 2.42. The minimum atomic E-state index is -3.81. The van der Waals surface area contributed by atoms with E-state index in [4.69, 9.17) is 9.84 Å². The second-order valence-electron chi connectivity index (χ2n) is 5.50. The molecule has 1 aliphatic heterocycles. The summed E-state index contributed by atoms with van der Waals surface area (Å²) in [4.78, 5) is 11.3. The van der Waals surface area contributed by atoms with Crippen molar-refractivity contribution in [3.63, 3.8) is 0 Å². The minimum absolute atomic E-state index is 0.0372. The maximum Gasteiger partial charge on any atom is 0.337 e. The molecule has 24 heavy (non-hydrogen) atoms. The maximum absolute atomic E-state index is 12.1. The molecule has 1 aliphatic rings. The molecule has 0 bridgehead atoms. The van der Waals surface area contributed by atoms with Gasteiger partial charge in [-0.1, -0.05) is 0 Å². The molecular formula is C15H22N2O6S. The lowest BCUT2D eigenvalue weighted by Crippen LogP contribution is -2.26. The highest BCUT2D eigenvalue weighted by Gasteiger charge is 2.20. The van der Waals surface area contributed by atoms with Crippen LogP contribution >= 0.6 is 0 Å². The molecule has 8 nitrogen and oxygen atoms in total. The summed E-state index contributed by atoms with van der Waals surface area (Å²) in [6.45, 7) is 1.13. The maximum atomic E-state index is 12.1. The molecule has 1 aromatic rings. The molecule has 1 aromatic carbocycles. The van der Waals surface area contributed by atoms with Gasteiger partial charge in [-0.3, -0.25) is 0 Å². The van der Waals surface area contributed by atoms with E-state index in [9.17, 15) is 18.3 Å². The van der Waals surface area contributed by atoms with Crippen LogP contribution in [0.15, 0.2) is 23.1 Å². The molecule has 2 rings (SSSR count). The van der Waals surface area contributed by atoms with E-state index in [1.54, 1.807) is 0 Å². The van der Waals surface area contributed by atoms with Crippen LogP contribution < -0.4 is 10.0 Å². The topological polar surface area (TPSA) is 125 Å². The molecule has 0 spiro atoms. The first-order valence-corrected chi connectivity index (χ1v) is 9.25. The van der Waals surface area contributed by atoms with Gasteiger partial charge in [0.15, 0.2) is 0 Å². The molecule has 0 saturated carbocycles. The summed E-state index contributed by atoms with van der Waals surface area (Å²) in [6.07, 6.45) is 2.22. The first-order chi connectivity index (χ1) is 11.4. The predicted molar refractivity (Wildman–Crippen MR) is 87.8 cm³/mol. The van der Waals surface area contributed by atoms with Crippen LogP contribution in [0.3, 0.4) is 0 Å². The number of aliphatic hydroxyl groups is 1. The minimum Gasteiger partial charge on any atom is -0.478 e. The van der Waals surface area contributed by atoms with Crippen molar-refractivity contribution >= 4 is 21.7 Å². The lowest BCUT2D eigenvalue weighted by Gasteiger charge is -2.15. The fourth-order valence-corrected chi connectivity index (χ4v) is 3.52. The van der Waals surface area contributed by atoms with Crippen molar-refractivity contribution in [2.45, 2.75) is 30.3 Å². The van der Waals surface area contributed by atoms with Crippen molar-refractivity contribution in [3.8, 4) is 0 Å². The monoisotopic (exact) mass is 358 g/mol. The number of carbonyl (C=O) groups is 1. The fraction of sp³-hybridized carbons (Fsp3) is 0.533. The molecule has 4 N–H and O–H groups in total. The van der Waals surface area contributed by atoms with E-state index in [2.05, 4.69) is 10.0 Å². The van der Waals surface area contributed by atoms with E-state index < -0.39 is 16.0 Å². The van der Waals surface area contributed by atoms with Gasteiger partial charge in [-0.25, -0.2) is 17.9 Å². The second-order valence-corrected chi connectivity index (χ2v) is 7.27. The molecule has 1 heterocycles. The number of rotatable bonds is 9. The Morgan fingerprint density at radius 3 is 2.79 bits per heavy atom. The standard InChI is InChI=1S/C15H22N2O6S/c18-7-2-6-17-24(21,22)12-4-5-14(13(9-12)15(19)20)16-10-11-3-1-8-23-11/h4-5,9,11,16-18H,1-3,6-8,10H2,(H,19,20). The van der Waals surface area contributed by atoms with Crippen molar-refractivity contribution in [1.29, 1.82) is 0 Å². The van der Waals surface area contributed by atoms with Crippen LogP contribution in [0, 0.1) is 0 Å². The van der Waals surface area contributed by atoms with Crippen molar-refractivity contribution in [1.82, 2.24) is 4.72 Å². The molecule has 0 amide bonds. The summed E-state index contributed by atoms with van der Waals surface area (Å²) < 4.78 is 32.1. The quantitative estimate of drug-likeness (QED) is 0.477. The Bertz CT molecular complexity index is 671. The van der Waals surface area contributed by atoms with E-state index in [-0.39, 0.29) is 36.1 Å². The SMILES string of the molecule is O=C(O)c1cc(S(=O)(=O)NCCCO)ccc1NCC1CCCO1. The van der Waals surface area contributed by atoms with Crippen LogP contribution in [0.25, 0.3) is 0 Å². The second kappa shape index (κ2) is 8.43. The van der Waals surface area contributed by atoms with Gasteiger partial charge in [0.05, 0.1) is 16.6 Å². The highest BCUT2D eigenvalue weighted by Crippen LogP contribution is 2.22. The number of hydrogen-bond acceptors (Lipinski definition) is 6. The molecule has 0 aromatic heterocycles. The largest absolute Gasteiger partial charge is 0.478 e. The van der Waals surface area contributed by atoms with Gasteiger partial charge in [0, 0.05) is 32.0 Å². The van der Waals surface area contributed by atoms with E-state index in [0.29, 0.717) is 18.8 Å². The van der Waals surface area contributed by atoms with Gasteiger partial charge >= 0.3 is 5.97 Å². The lowest BCUT2D eigenvalue weighted by molar-refractivity contribution is 0.0697. The van der Waals surface area contributed by atoms with Gasteiger partial charge in [0.25, 0.3) is 0 Å². The van der Waals surface area contributed by atoms with E-state index in [0.717, 1.165) is 18.9 Å². The zero-order valence-corrected chi connectivity index (χ0v) is 14.0. The van der Waals surface area contributed by atoms with Crippen molar-refractivity contribution in [3.05, 3.63) is 23.8 Å². The third kappa shape index (κ3) is 4.91. The van der Waals surface area contributed by atoms with Crippen molar-refractivity contribution < 1.29 is 28.2 Å². The van der Waals surface area contributed by atoms with Crippen LogP contribution in [0.1, 0.15) is 29.6 Å². The Kier molecular flexibility index (Phi) is 6.55. The third-order valence-corrected chi connectivity index (χ3v) is 5.16. The Labute approximate surface area is 140 Å². The normalized spacial score (nSPS) is 17.8. The Hall–Kier alpha value is -1.68. The number of sulfonamides is 1. The molecule has 1 fully saturated rings. The van der Waals surface area contributed by atoms with E-state index in [1.807, 2.05) is 0 Å². The number of nitrogens with one attached hydrogen (secondary N) is 2. The van der Waals surface area contributed by atoms with Gasteiger partial charge in [0.1, 0.15) is 0 Å².